The van der Waals surface area contributed by atoms with Crippen LogP contribution < -0.4 is 0 Å². The van der Waals surface area contributed by atoms with Gasteiger partial charge in [0.15, 0.2) is 0 Å². The number of H-pyrrole nitrogens is 1. The van der Waals surface area contributed by atoms with Crippen LogP contribution in [0.5, 0.6) is 0 Å². The van der Waals surface area contributed by atoms with Gasteiger partial charge in [0.05, 0.1) is 0 Å². The van der Waals surface area contributed by atoms with E-state index in [-0.39, 0.29) is 6.09 Å². The van der Waals surface area contributed by atoms with Gasteiger partial charge in [-0.05, 0) is 57.2 Å². The van der Waals surface area contributed by atoms with Gasteiger partial charge in [0.25, 0.3) is 0 Å². The number of aromatic nitrogens is 1. The molecule has 23 heavy (non-hydrogen) atoms. The second kappa shape index (κ2) is 4.31. The molecule has 0 bridgehead atoms. The van der Waals surface area contributed by atoms with Crippen molar-refractivity contribution >= 4 is 17.0 Å². The summed E-state index contributed by atoms with van der Waals surface area (Å²) >= 11 is 0. The summed E-state index contributed by atoms with van der Waals surface area (Å²) in [5.74, 6) is 0. The molecule has 1 amide bonds. The lowest BCUT2D eigenvalue weighted by molar-refractivity contribution is 0.00344. The van der Waals surface area contributed by atoms with Crippen LogP contribution in [-0.2, 0) is 16.7 Å². The number of benzene rings is 1. The molecule has 1 aromatic heterocycles. The van der Waals surface area contributed by atoms with Crippen molar-refractivity contribution in [1.82, 2.24) is 9.88 Å². The van der Waals surface area contributed by atoms with Crippen LogP contribution in [0.2, 0.25) is 0 Å². The number of nitrogens with one attached hydrogen (secondary N) is 1. The molecule has 1 aromatic carbocycles. The first kappa shape index (κ1) is 14.6. The van der Waals surface area contributed by atoms with Crippen LogP contribution in [0.1, 0.15) is 49.6 Å². The molecule has 4 nitrogen and oxygen atoms in total. The Morgan fingerprint density at radius 2 is 2.04 bits per heavy atom. The molecule has 0 saturated carbocycles. The van der Waals surface area contributed by atoms with Crippen LogP contribution in [0.3, 0.4) is 0 Å². The number of carbonyl (C=O) groups excluding carboxylic acids is 1. The highest BCUT2D eigenvalue weighted by Gasteiger charge is 2.60. The van der Waals surface area contributed by atoms with Gasteiger partial charge in [0.2, 0.25) is 0 Å². The van der Waals surface area contributed by atoms with Crippen LogP contribution in [0.25, 0.3) is 10.9 Å². The summed E-state index contributed by atoms with van der Waals surface area (Å²) < 4.78 is 5.86. The van der Waals surface area contributed by atoms with Crippen LogP contribution in [0.4, 0.5) is 4.79 Å². The van der Waals surface area contributed by atoms with Crippen molar-refractivity contribution in [2.75, 3.05) is 6.54 Å². The number of cyclic esters (lactones) is 1. The molecule has 1 saturated heterocycles. The van der Waals surface area contributed by atoms with Crippen molar-refractivity contribution in [3.63, 3.8) is 0 Å². The molecule has 3 heterocycles. The highest BCUT2D eigenvalue weighted by atomic mass is 16.6. The molecule has 1 N–H and O–H groups in total. The summed E-state index contributed by atoms with van der Waals surface area (Å²) in [6.07, 6.45) is 1.48. The Labute approximate surface area is 136 Å². The summed E-state index contributed by atoms with van der Waals surface area (Å²) in [5.41, 5.74) is 5.27. The minimum atomic E-state index is -0.515. The smallest absolute Gasteiger partial charge is 0.411 e. The first-order chi connectivity index (χ1) is 10.8. The minimum Gasteiger partial charge on any atom is -0.440 e. The maximum atomic E-state index is 12.6. The van der Waals surface area contributed by atoms with Crippen molar-refractivity contribution in [3.8, 4) is 0 Å². The van der Waals surface area contributed by atoms with E-state index in [2.05, 4.69) is 51.7 Å². The Kier molecular flexibility index (Phi) is 2.74. The highest BCUT2D eigenvalue weighted by Crippen LogP contribution is 2.52. The van der Waals surface area contributed by atoms with Gasteiger partial charge in [-0.3, -0.25) is 4.90 Å². The Morgan fingerprint density at radius 1 is 1.30 bits per heavy atom. The molecule has 4 rings (SSSR count). The number of carbonyl (C=O) groups is 1. The third kappa shape index (κ3) is 1.54. The van der Waals surface area contributed by atoms with Crippen molar-refractivity contribution in [1.29, 1.82) is 0 Å². The predicted molar refractivity (Wildman–Crippen MR) is 90.7 cm³/mol. The fourth-order valence-corrected chi connectivity index (χ4v) is 4.55. The Morgan fingerprint density at radius 3 is 2.74 bits per heavy atom. The molecule has 0 unspecified atom stereocenters. The largest absolute Gasteiger partial charge is 0.440 e. The van der Waals surface area contributed by atoms with Crippen molar-refractivity contribution in [2.45, 2.75) is 58.6 Å². The molecule has 2 aliphatic rings. The monoisotopic (exact) mass is 312 g/mol. The molecule has 0 aliphatic carbocycles. The Balaban J connectivity index is 2.12. The second-order valence-corrected chi connectivity index (χ2v) is 7.33. The lowest BCUT2D eigenvalue weighted by Gasteiger charge is -2.41. The third-order valence-electron chi connectivity index (χ3n) is 6.37. The number of ether oxygens (including phenoxy) is 1. The standard InChI is InChI=1S/C19H24N2O2/c1-6-18(4)19(5)14-8-7-11(2)16-15(14)13(12(3)20-16)9-10-21(19)17(22)23-18/h7-8,20H,6,9-10H2,1-5H3/t18-,19-/m0/s1. The maximum absolute atomic E-state index is 12.6. The fraction of sp³-hybridized carbons (Fsp3) is 0.526. The summed E-state index contributed by atoms with van der Waals surface area (Å²) in [7, 11) is 0. The summed E-state index contributed by atoms with van der Waals surface area (Å²) in [5, 5.41) is 1.30. The SMILES string of the molecule is CC[C@]1(C)OC(=O)N2CCc3c(C)[nH]c4c(C)ccc(c34)[C@]21C. The molecule has 4 heteroatoms. The number of fused-ring (bicyclic) bond motifs is 2. The van der Waals surface area contributed by atoms with E-state index in [1.54, 1.807) is 0 Å². The molecule has 0 spiro atoms. The number of aryl methyl sites for hydroxylation is 2. The third-order valence-corrected chi connectivity index (χ3v) is 6.37. The molecule has 122 valence electrons. The lowest BCUT2D eigenvalue weighted by Crippen LogP contribution is -2.52. The number of rotatable bonds is 1. The first-order valence-electron chi connectivity index (χ1n) is 8.45. The van der Waals surface area contributed by atoms with E-state index < -0.39 is 11.1 Å². The van der Waals surface area contributed by atoms with Gasteiger partial charge < -0.3 is 9.72 Å². The van der Waals surface area contributed by atoms with E-state index in [9.17, 15) is 4.79 Å². The molecular weight excluding hydrogens is 288 g/mol. The normalized spacial score (nSPS) is 29.6. The molecule has 1 fully saturated rings. The maximum Gasteiger partial charge on any atom is 0.411 e. The minimum absolute atomic E-state index is 0.183. The van der Waals surface area contributed by atoms with Gasteiger partial charge in [-0.15, -0.1) is 0 Å². The van der Waals surface area contributed by atoms with Gasteiger partial charge in [-0.1, -0.05) is 19.1 Å². The van der Waals surface area contributed by atoms with E-state index >= 15 is 0 Å². The first-order valence-corrected chi connectivity index (χ1v) is 8.45. The zero-order valence-electron chi connectivity index (χ0n) is 14.5. The molecular formula is C19H24N2O2. The average molecular weight is 312 g/mol. The van der Waals surface area contributed by atoms with E-state index in [0.29, 0.717) is 6.54 Å². The lowest BCUT2D eigenvalue weighted by atomic mass is 9.74. The number of hydrogen-bond acceptors (Lipinski definition) is 2. The zero-order chi connectivity index (χ0) is 16.6. The summed E-state index contributed by atoms with van der Waals surface area (Å²) in [4.78, 5) is 18.1. The average Bonchev–Trinajstić information content (AvgIpc) is 2.87. The zero-order valence-corrected chi connectivity index (χ0v) is 14.5. The van der Waals surface area contributed by atoms with E-state index in [1.807, 2.05) is 4.90 Å². The van der Waals surface area contributed by atoms with Crippen molar-refractivity contribution in [3.05, 3.63) is 34.5 Å². The van der Waals surface area contributed by atoms with E-state index in [4.69, 9.17) is 4.74 Å². The van der Waals surface area contributed by atoms with Gasteiger partial charge in [-0.25, -0.2) is 4.79 Å². The second-order valence-electron chi connectivity index (χ2n) is 7.33. The Hall–Kier alpha value is -1.97. The number of amides is 1. The topological polar surface area (TPSA) is 45.3 Å². The van der Waals surface area contributed by atoms with Crippen molar-refractivity contribution in [2.24, 2.45) is 0 Å². The molecule has 2 aliphatic heterocycles. The van der Waals surface area contributed by atoms with Gasteiger partial charge in [0.1, 0.15) is 11.1 Å². The number of hydrogen-bond donors (Lipinski definition) is 1. The van der Waals surface area contributed by atoms with Gasteiger partial charge >= 0.3 is 6.09 Å². The van der Waals surface area contributed by atoms with Crippen molar-refractivity contribution < 1.29 is 9.53 Å². The fourth-order valence-electron chi connectivity index (χ4n) is 4.55. The number of nitrogens with zero attached hydrogens (tertiary/aromatic N) is 1. The Bertz CT molecular complexity index is 837. The van der Waals surface area contributed by atoms with Gasteiger partial charge in [0, 0.05) is 23.1 Å². The molecule has 0 radical (unpaired) electrons. The van der Waals surface area contributed by atoms with Crippen LogP contribution in [0, 0.1) is 13.8 Å². The predicted octanol–water partition coefficient (Wildman–Crippen LogP) is 4.18. The quantitative estimate of drug-likeness (QED) is 0.858. The molecule has 2 aromatic rings. The molecule has 2 atom stereocenters. The van der Waals surface area contributed by atoms with Crippen LogP contribution >= 0.6 is 0 Å². The number of aromatic amines is 1. The highest BCUT2D eigenvalue weighted by molar-refractivity contribution is 5.93. The van der Waals surface area contributed by atoms with E-state index in [1.165, 1.54) is 33.3 Å². The van der Waals surface area contributed by atoms with E-state index in [0.717, 1.165) is 12.8 Å². The summed E-state index contributed by atoms with van der Waals surface area (Å²) in [6.45, 7) is 11.3. The van der Waals surface area contributed by atoms with Crippen LogP contribution in [0.15, 0.2) is 12.1 Å². The van der Waals surface area contributed by atoms with Crippen LogP contribution in [-0.4, -0.2) is 28.1 Å². The van der Waals surface area contributed by atoms with Gasteiger partial charge in [-0.2, -0.15) is 0 Å². The summed E-state index contributed by atoms with van der Waals surface area (Å²) in [6, 6.07) is 4.35.